The Morgan fingerprint density at radius 2 is 2.38 bits per heavy atom. The fourth-order valence-electron chi connectivity index (χ4n) is 1.45. The van der Waals surface area contributed by atoms with E-state index in [9.17, 15) is 0 Å². The maximum atomic E-state index is 4.45. The highest BCUT2D eigenvalue weighted by Gasteiger charge is 2.28. The number of fused-ring (bicyclic) bond motifs is 1. The standard InChI is InChI=1S/C10H13N3/c1-10-8(4-3-5-12-10)6-9(11-2)7-13-10/h3-7,11-12H,1-2H3. The summed E-state index contributed by atoms with van der Waals surface area (Å²) in [5.74, 6) is 0. The molecule has 0 spiro atoms. The molecule has 0 amide bonds. The second-order valence-electron chi connectivity index (χ2n) is 3.31. The van der Waals surface area contributed by atoms with Crippen LogP contribution >= 0.6 is 0 Å². The average molecular weight is 175 g/mol. The molecule has 2 heterocycles. The minimum Gasteiger partial charge on any atom is -0.387 e. The molecule has 2 aliphatic rings. The first-order valence-corrected chi connectivity index (χ1v) is 4.34. The zero-order valence-corrected chi connectivity index (χ0v) is 7.83. The Morgan fingerprint density at radius 3 is 3.15 bits per heavy atom. The third kappa shape index (κ3) is 1.26. The van der Waals surface area contributed by atoms with Crippen molar-refractivity contribution in [3.8, 4) is 0 Å². The van der Waals surface area contributed by atoms with E-state index in [1.807, 2.05) is 25.5 Å². The van der Waals surface area contributed by atoms with Gasteiger partial charge < -0.3 is 10.6 Å². The summed E-state index contributed by atoms with van der Waals surface area (Å²) in [5, 5.41) is 6.30. The Morgan fingerprint density at radius 1 is 1.54 bits per heavy atom. The first kappa shape index (κ1) is 8.10. The number of nitrogens with zero attached hydrogens (tertiary/aromatic N) is 1. The number of aliphatic imine (C=N–C) groups is 1. The van der Waals surface area contributed by atoms with Gasteiger partial charge in [-0.2, -0.15) is 0 Å². The maximum absolute atomic E-state index is 4.45. The van der Waals surface area contributed by atoms with Crippen molar-refractivity contribution in [2.45, 2.75) is 12.6 Å². The summed E-state index contributed by atoms with van der Waals surface area (Å²) in [7, 11) is 1.90. The highest BCUT2D eigenvalue weighted by Crippen LogP contribution is 2.25. The van der Waals surface area contributed by atoms with Crippen LogP contribution in [0.3, 0.4) is 0 Å². The topological polar surface area (TPSA) is 36.4 Å². The Balaban J connectivity index is 2.39. The van der Waals surface area contributed by atoms with Crippen LogP contribution in [0.4, 0.5) is 0 Å². The lowest BCUT2D eigenvalue weighted by molar-refractivity contribution is 0.497. The molecule has 1 unspecified atom stereocenters. The normalized spacial score (nSPS) is 30.0. The van der Waals surface area contributed by atoms with Gasteiger partial charge in [-0.25, -0.2) is 0 Å². The van der Waals surface area contributed by atoms with E-state index in [1.165, 1.54) is 5.57 Å². The van der Waals surface area contributed by atoms with Crippen molar-refractivity contribution in [2.75, 3.05) is 7.05 Å². The van der Waals surface area contributed by atoms with Gasteiger partial charge in [0.05, 0.1) is 5.70 Å². The summed E-state index contributed by atoms with van der Waals surface area (Å²) in [6.45, 7) is 2.06. The first-order valence-electron chi connectivity index (χ1n) is 4.34. The van der Waals surface area contributed by atoms with Gasteiger partial charge in [0, 0.05) is 18.8 Å². The molecule has 3 heteroatoms. The van der Waals surface area contributed by atoms with Crippen molar-refractivity contribution >= 4 is 6.21 Å². The lowest BCUT2D eigenvalue weighted by Crippen LogP contribution is -2.42. The predicted octanol–water partition coefficient (Wildman–Crippen LogP) is 0.934. The molecule has 68 valence electrons. The monoisotopic (exact) mass is 175 g/mol. The van der Waals surface area contributed by atoms with E-state index >= 15 is 0 Å². The number of allylic oxidation sites excluding steroid dienone is 3. The van der Waals surface area contributed by atoms with Gasteiger partial charge in [-0.05, 0) is 25.3 Å². The molecule has 0 aromatic carbocycles. The molecule has 2 N–H and O–H groups in total. The second kappa shape index (κ2) is 2.76. The van der Waals surface area contributed by atoms with Crippen LogP contribution in [0.2, 0.25) is 0 Å². The highest BCUT2D eigenvalue weighted by molar-refractivity contribution is 5.81. The predicted molar refractivity (Wildman–Crippen MR) is 54.4 cm³/mol. The van der Waals surface area contributed by atoms with Gasteiger partial charge in [0.25, 0.3) is 0 Å². The van der Waals surface area contributed by atoms with Crippen molar-refractivity contribution in [1.29, 1.82) is 0 Å². The summed E-state index contributed by atoms with van der Waals surface area (Å²) in [5.41, 5.74) is 1.96. The molecular formula is C10H13N3. The lowest BCUT2D eigenvalue weighted by Gasteiger charge is -2.32. The van der Waals surface area contributed by atoms with Gasteiger partial charge in [0.1, 0.15) is 0 Å². The molecule has 0 fully saturated rings. The Labute approximate surface area is 77.9 Å². The number of nitrogens with one attached hydrogen (secondary N) is 2. The number of hydrogen-bond donors (Lipinski definition) is 2. The fraction of sp³-hybridized carbons (Fsp3) is 0.300. The van der Waals surface area contributed by atoms with Gasteiger partial charge in [-0.15, -0.1) is 0 Å². The Kier molecular flexibility index (Phi) is 1.72. The van der Waals surface area contributed by atoms with Crippen molar-refractivity contribution in [2.24, 2.45) is 4.99 Å². The molecule has 2 aliphatic heterocycles. The van der Waals surface area contributed by atoms with Crippen LogP contribution in [0.25, 0.3) is 0 Å². The van der Waals surface area contributed by atoms with Crippen molar-refractivity contribution in [3.63, 3.8) is 0 Å². The van der Waals surface area contributed by atoms with Gasteiger partial charge in [-0.3, -0.25) is 4.99 Å². The second-order valence-corrected chi connectivity index (χ2v) is 3.31. The lowest BCUT2D eigenvalue weighted by atomic mass is 9.96. The van der Waals surface area contributed by atoms with Crippen molar-refractivity contribution in [3.05, 3.63) is 35.7 Å². The zero-order chi connectivity index (χ0) is 9.31. The fourth-order valence-corrected chi connectivity index (χ4v) is 1.45. The average Bonchev–Trinajstić information content (AvgIpc) is 2.16. The van der Waals surface area contributed by atoms with E-state index < -0.39 is 0 Å². The molecule has 0 aliphatic carbocycles. The molecule has 0 aromatic rings. The van der Waals surface area contributed by atoms with Crippen LogP contribution < -0.4 is 10.6 Å². The zero-order valence-electron chi connectivity index (χ0n) is 7.83. The van der Waals surface area contributed by atoms with Crippen LogP contribution in [0.5, 0.6) is 0 Å². The largest absolute Gasteiger partial charge is 0.387 e. The number of rotatable bonds is 1. The van der Waals surface area contributed by atoms with Crippen LogP contribution in [-0.4, -0.2) is 18.9 Å². The van der Waals surface area contributed by atoms with Gasteiger partial charge >= 0.3 is 0 Å². The van der Waals surface area contributed by atoms with E-state index in [0.29, 0.717) is 0 Å². The Hall–Kier alpha value is -1.51. The quantitative estimate of drug-likeness (QED) is 0.622. The molecule has 2 rings (SSSR count). The number of hydrogen-bond acceptors (Lipinski definition) is 3. The van der Waals surface area contributed by atoms with Crippen molar-refractivity contribution < 1.29 is 0 Å². The third-order valence-electron chi connectivity index (χ3n) is 2.36. The SMILES string of the molecule is CNC1=CC2=CC=CNC2(C)N=C1. The van der Waals surface area contributed by atoms with Crippen LogP contribution in [0.1, 0.15) is 6.92 Å². The first-order chi connectivity index (χ1) is 6.24. The summed E-state index contributed by atoms with van der Waals surface area (Å²) in [4.78, 5) is 4.45. The van der Waals surface area contributed by atoms with Crippen LogP contribution in [-0.2, 0) is 0 Å². The molecule has 0 saturated carbocycles. The molecule has 0 radical (unpaired) electrons. The molecule has 0 aromatic heterocycles. The molecule has 13 heavy (non-hydrogen) atoms. The molecule has 3 nitrogen and oxygen atoms in total. The molecular weight excluding hydrogens is 162 g/mol. The third-order valence-corrected chi connectivity index (χ3v) is 2.36. The summed E-state index contributed by atoms with van der Waals surface area (Å²) in [6, 6.07) is 0. The van der Waals surface area contributed by atoms with E-state index in [0.717, 1.165) is 5.70 Å². The van der Waals surface area contributed by atoms with Crippen molar-refractivity contribution in [1.82, 2.24) is 10.6 Å². The smallest absolute Gasteiger partial charge is 0.152 e. The van der Waals surface area contributed by atoms with E-state index in [1.54, 1.807) is 0 Å². The van der Waals surface area contributed by atoms with E-state index in [2.05, 4.69) is 34.7 Å². The van der Waals surface area contributed by atoms with Crippen LogP contribution in [0, 0.1) is 0 Å². The number of dihydropyridines is 2. The Bertz CT molecular complexity index is 336. The summed E-state index contributed by atoms with van der Waals surface area (Å²) < 4.78 is 0. The minimum atomic E-state index is -0.269. The van der Waals surface area contributed by atoms with Gasteiger partial charge in [-0.1, -0.05) is 6.08 Å². The summed E-state index contributed by atoms with van der Waals surface area (Å²) >= 11 is 0. The summed E-state index contributed by atoms with van der Waals surface area (Å²) in [6.07, 6.45) is 9.93. The maximum Gasteiger partial charge on any atom is 0.152 e. The van der Waals surface area contributed by atoms with E-state index in [4.69, 9.17) is 0 Å². The van der Waals surface area contributed by atoms with Gasteiger partial charge in [0.2, 0.25) is 0 Å². The van der Waals surface area contributed by atoms with Gasteiger partial charge in [0.15, 0.2) is 5.66 Å². The highest BCUT2D eigenvalue weighted by atomic mass is 15.1. The van der Waals surface area contributed by atoms with E-state index in [-0.39, 0.29) is 5.66 Å². The van der Waals surface area contributed by atoms with Crippen LogP contribution in [0.15, 0.2) is 40.7 Å². The molecule has 0 saturated heterocycles. The molecule has 0 bridgehead atoms. The molecule has 1 atom stereocenters. The minimum absolute atomic E-state index is 0.269.